The second-order valence-corrected chi connectivity index (χ2v) is 5.47. The Morgan fingerprint density at radius 1 is 1.25 bits per heavy atom. The average molecular weight is 284 g/mol. The molecule has 0 aliphatic rings. The summed E-state index contributed by atoms with van der Waals surface area (Å²) in [5.74, 6) is 1.54. The van der Waals surface area contributed by atoms with E-state index in [4.69, 9.17) is 15.7 Å². The van der Waals surface area contributed by atoms with Crippen LogP contribution in [0, 0.1) is 18.3 Å². The van der Waals surface area contributed by atoms with Crippen LogP contribution in [0.1, 0.15) is 16.7 Å². The summed E-state index contributed by atoms with van der Waals surface area (Å²) < 4.78 is 5.34. The topological polar surface area (TPSA) is 59.0 Å². The van der Waals surface area contributed by atoms with E-state index >= 15 is 0 Å². The Morgan fingerprint density at radius 3 is 2.75 bits per heavy atom. The number of anilines is 1. The van der Waals surface area contributed by atoms with Crippen molar-refractivity contribution in [2.45, 2.75) is 17.6 Å². The van der Waals surface area contributed by atoms with Crippen molar-refractivity contribution in [2.75, 3.05) is 12.8 Å². The molecule has 0 aliphatic heterocycles. The fourth-order valence-corrected chi connectivity index (χ4v) is 2.94. The van der Waals surface area contributed by atoms with E-state index in [0.29, 0.717) is 5.56 Å². The van der Waals surface area contributed by atoms with Crippen LogP contribution in [0.2, 0.25) is 0 Å². The van der Waals surface area contributed by atoms with Crippen LogP contribution in [0.25, 0.3) is 0 Å². The molecule has 3 nitrogen and oxygen atoms in total. The van der Waals surface area contributed by atoms with Crippen molar-refractivity contribution < 1.29 is 4.74 Å². The molecular weight excluding hydrogens is 268 g/mol. The van der Waals surface area contributed by atoms with Crippen molar-refractivity contribution in [1.29, 1.82) is 5.26 Å². The number of nitrogen functional groups attached to an aromatic ring is 1. The Hall–Kier alpha value is -2.12. The number of methoxy groups -OCH3 is 1. The van der Waals surface area contributed by atoms with Crippen LogP contribution >= 0.6 is 11.8 Å². The number of benzene rings is 2. The van der Waals surface area contributed by atoms with Crippen LogP contribution in [0.4, 0.5) is 5.69 Å². The summed E-state index contributed by atoms with van der Waals surface area (Å²) in [5.41, 5.74) is 9.43. The lowest BCUT2D eigenvalue weighted by atomic mass is 10.1. The van der Waals surface area contributed by atoms with Crippen molar-refractivity contribution in [3.63, 3.8) is 0 Å². The quantitative estimate of drug-likeness (QED) is 0.686. The molecule has 102 valence electrons. The minimum atomic E-state index is 0.644. The smallest absolute Gasteiger partial charge is 0.122 e. The minimum Gasteiger partial charge on any atom is -0.496 e. The van der Waals surface area contributed by atoms with Crippen LogP contribution in [0.5, 0.6) is 5.75 Å². The molecule has 2 aromatic carbocycles. The number of rotatable bonds is 4. The van der Waals surface area contributed by atoms with Crippen LogP contribution in [-0.2, 0) is 5.75 Å². The first-order chi connectivity index (χ1) is 9.63. The number of nitrogens with zero attached hydrogens (tertiary/aromatic N) is 1. The summed E-state index contributed by atoms with van der Waals surface area (Å²) in [7, 11) is 1.64. The Balaban J connectivity index is 2.22. The number of ether oxygens (including phenoxy) is 1. The maximum Gasteiger partial charge on any atom is 0.122 e. The Labute approximate surface area is 123 Å². The van der Waals surface area contributed by atoms with Crippen molar-refractivity contribution in [3.05, 3.63) is 53.1 Å². The molecule has 4 heteroatoms. The maximum atomic E-state index is 8.98. The van der Waals surface area contributed by atoms with Crippen molar-refractivity contribution in [3.8, 4) is 11.8 Å². The monoisotopic (exact) mass is 284 g/mol. The van der Waals surface area contributed by atoms with E-state index in [2.05, 4.69) is 13.0 Å². The van der Waals surface area contributed by atoms with E-state index in [1.54, 1.807) is 24.9 Å². The third kappa shape index (κ3) is 3.25. The molecule has 2 rings (SSSR count). The first kappa shape index (κ1) is 14.3. The lowest BCUT2D eigenvalue weighted by Gasteiger charge is -2.10. The molecule has 20 heavy (non-hydrogen) atoms. The van der Waals surface area contributed by atoms with E-state index < -0.39 is 0 Å². The van der Waals surface area contributed by atoms with Gasteiger partial charge in [-0.15, -0.1) is 11.8 Å². The highest BCUT2D eigenvalue weighted by Gasteiger charge is 2.07. The molecular formula is C16H16N2OS. The van der Waals surface area contributed by atoms with Crippen molar-refractivity contribution >= 4 is 17.4 Å². The van der Waals surface area contributed by atoms with Gasteiger partial charge >= 0.3 is 0 Å². The standard InChI is InChI=1S/C16H16N2OS/c1-11-3-5-14(18)8-16(11)20-10-13-7-12(9-17)4-6-15(13)19-2/h3-8H,10,18H2,1-2H3. The molecule has 0 saturated heterocycles. The predicted molar refractivity (Wildman–Crippen MR) is 82.9 cm³/mol. The van der Waals surface area contributed by atoms with Gasteiger partial charge in [-0.25, -0.2) is 0 Å². The molecule has 0 bridgehead atoms. The molecule has 0 saturated carbocycles. The molecule has 0 spiro atoms. The van der Waals surface area contributed by atoms with Gasteiger partial charge in [0.1, 0.15) is 5.75 Å². The van der Waals surface area contributed by atoms with Gasteiger partial charge in [0.25, 0.3) is 0 Å². The molecule has 0 unspecified atom stereocenters. The van der Waals surface area contributed by atoms with Crippen LogP contribution in [-0.4, -0.2) is 7.11 Å². The van der Waals surface area contributed by atoms with Gasteiger partial charge in [-0.1, -0.05) is 6.07 Å². The second kappa shape index (κ2) is 6.36. The summed E-state index contributed by atoms with van der Waals surface area (Å²) in [6.45, 7) is 2.06. The van der Waals surface area contributed by atoms with Gasteiger partial charge in [-0.2, -0.15) is 5.26 Å². The summed E-state index contributed by atoms with van der Waals surface area (Å²) in [4.78, 5) is 1.15. The van der Waals surface area contributed by atoms with Gasteiger partial charge in [-0.05, 0) is 42.8 Å². The van der Waals surface area contributed by atoms with Gasteiger partial charge in [-0.3, -0.25) is 0 Å². The van der Waals surface area contributed by atoms with E-state index in [-0.39, 0.29) is 0 Å². The number of nitriles is 1. The maximum absolute atomic E-state index is 8.98. The SMILES string of the molecule is COc1ccc(C#N)cc1CSc1cc(N)ccc1C. The number of nitrogens with two attached hydrogens (primary N) is 1. The first-order valence-corrected chi connectivity index (χ1v) is 7.18. The zero-order valence-corrected chi connectivity index (χ0v) is 12.3. The van der Waals surface area contributed by atoms with E-state index in [0.717, 1.165) is 27.6 Å². The van der Waals surface area contributed by atoms with E-state index in [1.165, 1.54) is 5.56 Å². The van der Waals surface area contributed by atoms with E-state index in [1.807, 2.05) is 30.3 Å². The van der Waals surface area contributed by atoms with Crippen LogP contribution in [0.15, 0.2) is 41.3 Å². The molecule has 0 aliphatic carbocycles. The van der Waals surface area contributed by atoms with Gasteiger partial charge in [0, 0.05) is 21.9 Å². The number of thioether (sulfide) groups is 1. The molecule has 2 N–H and O–H groups in total. The van der Waals surface area contributed by atoms with Crippen molar-refractivity contribution in [2.24, 2.45) is 0 Å². The summed E-state index contributed by atoms with van der Waals surface area (Å²) >= 11 is 1.69. The Morgan fingerprint density at radius 2 is 2.05 bits per heavy atom. The number of aryl methyl sites for hydroxylation is 1. The van der Waals surface area contributed by atoms with Gasteiger partial charge < -0.3 is 10.5 Å². The number of hydrogen-bond acceptors (Lipinski definition) is 4. The van der Waals surface area contributed by atoms with Gasteiger partial charge in [0.15, 0.2) is 0 Å². The zero-order valence-electron chi connectivity index (χ0n) is 11.5. The van der Waals surface area contributed by atoms with Gasteiger partial charge in [0.05, 0.1) is 18.7 Å². The van der Waals surface area contributed by atoms with Crippen molar-refractivity contribution in [1.82, 2.24) is 0 Å². The van der Waals surface area contributed by atoms with E-state index in [9.17, 15) is 0 Å². The molecule has 0 radical (unpaired) electrons. The van der Waals surface area contributed by atoms with Crippen LogP contribution in [0.3, 0.4) is 0 Å². The predicted octanol–water partition coefficient (Wildman–Crippen LogP) is 3.75. The zero-order chi connectivity index (χ0) is 14.5. The summed E-state index contributed by atoms with van der Waals surface area (Å²) in [5, 5.41) is 8.98. The second-order valence-electron chi connectivity index (χ2n) is 4.45. The third-order valence-corrected chi connectivity index (χ3v) is 4.21. The highest BCUT2D eigenvalue weighted by molar-refractivity contribution is 7.98. The largest absolute Gasteiger partial charge is 0.496 e. The first-order valence-electron chi connectivity index (χ1n) is 6.20. The lowest BCUT2D eigenvalue weighted by Crippen LogP contribution is -1.92. The average Bonchev–Trinajstić information content (AvgIpc) is 2.47. The van der Waals surface area contributed by atoms with Crippen LogP contribution < -0.4 is 10.5 Å². The fraction of sp³-hybridized carbons (Fsp3) is 0.188. The highest BCUT2D eigenvalue weighted by Crippen LogP contribution is 2.31. The molecule has 0 atom stereocenters. The summed E-state index contributed by atoms with van der Waals surface area (Å²) in [6.07, 6.45) is 0. The highest BCUT2D eigenvalue weighted by atomic mass is 32.2. The van der Waals surface area contributed by atoms with Gasteiger partial charge in [0.2, 0.25) is 0 Å². The Bertz CT molecular complexity index is 662. The minimum absolute atomic E-state index is 0.644. The number of hydrogen-bond donors (Lipinski definition) is 1. The Kier molecular flexibility index (Phi) is 4.54. The third-order valence-electron chi connectivity index (χ3n) is 3.00. The molecule has 0 amide bonds. The molecule has 0 aromatic heterocycles. The lowest BCUT2D eigenvalue weighted by molar-refractivity contribution is 0.411. The molecule has 2 aromatic rings. The fourth-order valence-electron chi connectivity index (χ4n) is 1.89. The summed E-state index contributed by atoms with van der Waals surface area (Å²) in [6, 6.07) is 13.5. The normalized spacial score (nSPS) is 10.1. The molecule has 0 fully saturated rings. The molecule has 0 heterocycles.